The van der Waals surface area contributed by atoms with E-state index in [9.17, 15) is 0 Å². The van der Waals surface area contributed by atoms with E-state index in [4.69, 9.17) is 0 Å². The molecule has 0 fully saturated rings. The Kier molecular flexibility index (Phi) is 5.98. The fourth-order valence-corrected chi connectivity index (χ4v) is 11.8. The molecule has 0 bridgehead atoms. The summed E-state index contributed by atoms with van der Waals surface area (Å²) in [6.45, 7) is 9.35. The van der Waals surface area contributed by atoms with Crippen molar-refractivity contribution in [2.45, 2.75) is 20.8 Å². The summed E-state index contributed by atoms with van der Waals surface area (Å²) in [6, 6.07) is 27.1. The second-order valence-corrected chi connectivity index (χ2v) is 19.9. The summed E-state index contributed by atoms with van der Waals surface area (Å²) in [6.07, 6.45) is -2.34. The van der Waals surface area contributed by atoms with Crippen LogP contribution in [0.15, 0.2) is 72.8 Å². The Bertz CT molecular complexity index is 830. The Morgan fingerprint density at radius 2 is 1.08 bits per heavy atom. The second kappa shape index (κ2) is 7.35. The minimum absolute atomic E-state index is 0. The van der Waals surface area contributed by atoms with Gasteiger partial charge in [-0.2, -0.15) is 0 Å². The zero-order chi connectivity index (χ0) is 17.4. The van der Waals surface area contributed by atoms with Crippen LogP contribution >= 0.6 is 6.15 Å². The minimum Gasteiger partial charge on any atom is 0 e. The van der Waals surface area contributed by atoms with Crippen molar-refractivity contribution < 1.29 is 22.4 Å². The fourth-order valence-electron chi connectivity index (χ4n) is 3.85. The minimum atomic E-state index is -2.34. The maximum Gasteiger partial charge on any atom is 0 e. The molecule has 3 aromatic rings. The largest absolute Gasteiger partial charge is 0 e. The molecule has 3 aromatic carbocycles. The van der Waals surface area contributed by atoms with Gasteiger partial charge in [0.1, 0.15) is 0 Å². The Hall–Kier alpha value is -0.953. The van der Waals surface area contributed by atoms with Crippen LogP contribution in [0.1, 0.15) is 16.7 Å². The van der Waals surface area contributed by atoms with Crippen molar-refractivity contribution in [2.24, 2.45) is 0 Å². The van der Waals surface area contributed by atoms with Gasteiger partial charge in [-0.05, 0) is 0 Å². The predicted molar refractivity (Wildman–Crippen MR) is 115 cm³/mol. The monoisotopic (exact) mass is 547 g/mol. The summed E-state index contributed by atoms with van der Waals surface area (Å²) in [5.41, 5.74) is 4.29. The molecule has 0 spiro atoms. The molecule has 0 aliphatic carbocycles. The average molecular weight is 547 g/mol. The molecule has 0 nitrogen and oxygen atoms in total. The number of hydrogen-bond acceptors (Lipinski definition) is 0. The Morgan fingerprint density at radius 3 is 1.52 bits per heavy atom. The molecular formula is C22H27AuPSi. The topological polar surface area (TPSA) is 0 Å². The van der Waals surface area contributed by atoms with Crippen LogP contribution in [0.3, 0.4) is 0 Å². The number of aryl methyl sites for hydroxylation is 1. The van der Waals surface area contributed by atoms with Crippen molar-refractivity contribution in [3.63, 3.8) is 0 Å². The molecule has 0 aliphatic heterocycles. The number of rotatable bonds is 3. The van der Waals surface area contributed by atoms with E-state index in [2.05, 4.69) is 100 Å². The molecule has 1 radical (unpaired) electrons. The van der Waals surface area contributed by atoms with Crippen molar-refractivity contribution in [3.05, 3.63) is 89.5 Å². The summed E-state index contributed by atoms with van der Waals surface area (Å²) < 4.78 is 0. The van der Waals surface area contributed by atoms with Crippen LogP contribution in [0.4, 0.5) is 0 Å². The molecule has 0 unspecified atom stereocenters. The van der Waals surface area contributed by atoms with E-state index >= 15 is 0 Å². The van der Waals surface area contributed by atoms with E-state index in [0.717, 1.165) is 9.91 Å². The van der Waals surface area contributed by atoms with Crippen LogP contribution < -0.4 is 15.9 Å². The van der Waals surface area contributed by atoms with Gasteiger partial charge in [-0.25, -0.2) is 0 Å². The standard InChI is InChI=1S/C22H27PSi.Au/c1-17-15-16-22(19(3)18(17)2)23(4,24,20-11-7-5-8-12-20)21-13-9-6-10-14-21;/h5-16H,1-4,24H3;. The summed E-state index contributed by atoms with van der Waals surface area (Å²) in [7, 11) is 1.12. The van der Waals surface area contributed by atoms with E-state index in [1.165, 1.54) is 27.3 Å². The van der Waals surface area contributed by atoms with E-state index < -0.39 is 6.15 Å². The zero-order valence-electron chi connectivity index (χ0n) is 15.7. The summed E-state index contributed by atoms with van der Waals surface area (Å²) >= 11 is 0. The fraction of sp³-hybridized carbons (Fsp3) is 0.182. The van der Waals surface area contributed by atoms with Crippen LogP contribution in [0.25, 0.3) is 0 Å². The summed E-state index contributed by atoms with van der Waals surface area (Å²) in [5.74, 6) is 0. The van der Waals surface area contributed by atoms with Crippen molar-refractivity contribution in [2.75, 3.05) is 6.66 Å². The van der Waals surface area contributed by atoms with E-state index in [1.54, 1.807) is 5.30 Å². The van der Waals surface area contributed by atoms with E-state index in [1.807, 2.05) is 0 Å². The van der Waals surface area contributed by atoms with Gasteiger partial charge in [0, 0.05) is 22.4 Å². The number of benzene rings is 3. The Balaban J connectivity index is 0.00000225. The molecule has 0 saturated carbocycles. The van der Waals surface area contributed by atoms with Gasteiger partial charge >= 0.3 is 149 Å². The Labute approximate surface area is 170 Å². The molecule has 0 N–H and O–H groups in total. The third-order valence-corrected chi connectivity index (χ3v) is 16.0. The maximum atomic E-state index is 2.56. The smallest absolute Gasteiger partial charge is 0 e. The van der Waals surface area contributed by atoms with Gasteiger partial charge in [-0.15, -0.1) is 0 Å². The maximum absolute atomic E-state index is 2.56. The first-order valence-electron chi connectivity index (χ1n) is 8.55. The zero-order valence-corrected chi connectivity index (χ0v) is 20.7. The van der Waals surface area contributed by atoms with Crippen LogP contribution in [0, 0.1) is 20.8 Å². The number of hydrogen-bond donors (Lipinski definition) is 0. The van der Waals surface area contributed by atoms with Crippen LogP contribution in [0.5, 0.6) is 0 Å². The molecular weight excluding hydrogens is 520 g/mol. The Morgan fingerprint density at radius 1 is 0.640 bits per heavy atom. The molecule has 0 amide bonds. The molecule has 25 heavy (non-hydrogen) atoms. The van der Waals surface area contributed by atoms with Crippen LogP contribution in [-0.4, -0.2) is 16.6 Å². The molecule has 135 valence electrons. The van der Waals surface area contributed by atoms with Gasteiger partial charge in [0.05, 0.1) is 0 Å². The SMILES string of the molecule is Cc1ccc(P(C)([SiH3])(c2ccccc2)c2ccccc2)c(C)c1C.[Au]. The van der Waals surface area contributed by atoms with Gasteiger partial charge in [0.2, 0.25) is 0 Å². The average Bonchev–Trinajstić information content (AvgIpc) is 2.61. The van der Waals surface area contributed by atoms with Crippen LogP contribution in [-0.2, 0) is 22.4 Å². The van der Waals surface area contributed by atoms with Gasteiger partial charge in [0.25, 0.3) is 0 Å². The first-order valence-corrected chi connectivity index (χ1v) is 14.4. The molecule has 0 aliphatic rings. The first-order chi connectivity index (χ1) is 11.4. The van der Waals surface area contributed by atoms with Crippen molar-refractivity contribution in [1.29, 1.82) is 0 Å². The van der Waals surface area contributed by atoms with Crippen molar-refractivity contribution in [1.82, 2.24) is 0 Å². The van der Waals surface area contributed by atoms with Crippen molar-refractivity contribution in [3.8, 4) is 0 Å². The van der Waals surface area contributed by atoms with E-state index in [0.29, 0.717) is 0 Å². The van der Waals surface area contributed by atoms with Gasteiger partial charge in [-0.1, -0.05) is 0 Å². The molecule has 3 rings (SSSR count). The van der Waals surface area contributed by atoms with Gasteiger partial charge in [-0.3, -0.25) is 0 Å². The molecule has 0 atom stereocenters. The van der Waals surface area contributed by atoms with Gasteiger partial charge < -0.3 is 0 Å². The molecule has 3 heteroatoms. The third-order valence-electron chi connectivity index (χ3n) is 5.81. The first kappa shape index (κ1) is 20.4. The summed E-state index contributed by atoms with van der Waals surface area (Å²) in [4.78, 5) is 0. The third kappa shape index (κ3) is 3.25. The normalized spacial score (nSPS) is 12.9. The van der Waals surface area contributed by atoms with Gasteiger partial charge in [0.15, 0.2) is 0 Å². The van der Waals surface area contributed by atoms with Crippen LogP contribution in [0.2, 0.25) is 0 Å². The molecule has 0 aromatic heterocycles. The second-order valence-electron chi connectivity index (χ2n) is 7.45. The summed E-state index contributed by atoms with van der Waals surface area (Å²) in [5, 5.41) is 4.58. The molecule has 0 saturated heterocycles. The molecule has 0 heterocycles. The van der Waals surface area contributed by atoms with Crippen molar-refractivity contribution >= 4 is 32.0 Å². The quantitative estimate of drug-likeness (QED) is 0.349. The van der Waals surface area contributed by atoms with E-state index in [-0.39, 0.29) is 22.4 Å². The predicted octanol–water partition coefficient (Wildman–Crippen LogP) is 3.35.